The van der Waals surface area contributed by atoms with Crippen LogP contribution in [-0.2, 0) is 13.1 Å². The fourth-order valence-electron chi connectivity index (χ4n) is 3.99. The molecule has 0 unspecified atom stereocenters. The summed E-state index contributed by atoms with van der Waals surface area (Å²) in [7, 11) is 0. The van der Waals surface area contributed by atoms with E-state index in [-0.39, 0.29) is 5.82 Å². The first kappa shape index (κ1) is 18.8. The zero-order valence-corrected chi connectivity index (χ0v) is 17.3. The first-order valence-corrected chi connectivity index (χ1v) is 10.4. The van der Waals surface area contributed by atoms with Crippen molar-refractivity contribution in [2.75, 3.05) is 6.54 Å². The SMILES string of the molecule is Cc1nc(-c2n[nH]cc2-c2ccc3ncc(-c4cc5n(n4)CCNC5)cc3n2)ccc1F. The normalized spacial score (nSPS) is 13.4. The van der Waals surface area contributed by atoms with E-state index in [4.69, 9.17) is 10.1 Å². The third kappa shape index (κ3) is 3.14. The van der Waals surface area contributed by atoms with Crippen LogP contribution in [0.15, 0.2) is 48.8 Å². The van der Waals surface area contributed by atoms with E-state index < -0.39 is 0 Å². The molecule has 32 heavy (non-hydrogen) atoms. The third-order valence-electron chi connectivity index (χ3n) is 5.68. The molecule has 6 heterocycles. The van der Waals surface area contributed by atoms with Gasteiger partial charge in [-0.25, -0.2) is 14.4 Å². The Labute approximate surface area is 182 Å². The van der Waals surface area contributed by atoms with Crippen LogP contribution in [0.4, 0.5) is 4.39 Å². The second-order valence-electron chi connectivity index (χ2n) is 7.79. The molecule has 0 aromatic carbocycles. The molecule has 158 valence electrons. The Morgan fingerprint density at radius 1 is 1.00 bits per heavy atom. The minimum Gasteiger partial charge on any atom is -0.309 e. The van der Waals surface area contributed by atoms with Gasteiger partial charge in [-0.2, -0.15) is 10.2 Å². The Hall–Kier alpha value is -3.98. The van der Waals surface area contributed by atoms with E-state index in [9.17, 15) is 4.39 Å². The largest absolute Gasteiger partial charge is 0.309 e. The molecule has 1 aliphatic rings. The topological polar surface area (TPSA) is 97.2 Å². The van der Waals surface area contributed by atoms with Crippen molar-refractivity contribution in [3.8, 4) is 33.9 Å². The van der Waals surface area contributed by atoms with Crippen molar-refractivity contribution < 1.29 is 4.39 Å². The predicted molar refractivity (Wildman–Crippen MR) is 118 cm³/mol. The molecule has 0 aliphatic carbocycles. The van der Waals surface area contributed by atoms with Crippen molar-refractivity contribution in [2.45, 2.75) is 20.0 Å². The molecule has 6 rings (SSSR count). The van der Waals surface area contributed by atoms with Crippen molar-refractivity contribution >= 4 is 11.0 Å². The van der Waals surface area contributed by atoms with E-state index in [1.807, 2.05) is 29.1 Å². The average molecular weight is 426 g/mol. The zero-order chi connectivity index (χ0) is 21.7. The summed E-state index contributed by atoms with van der Waals surface area (Å²) in [6.45, 7) is 4.23. The molecule has 2 N–H and O–H groups in total. The van der Waals surface area contributed by atoms with Crippen LogP contribution in [0.25, 0.3) is 44.9 Å². The summed E-state index contributed by atoms with van der Waals surface area (Å²) in [4.78, 5) is 13.8. The van der Waals surface area contributed by atoms with E-state index in [0.29, 0.717) is 17.1 Å². The molecule has 0 atom stereocenters. The van der Waals surface area contributed by atoms with Crippen LogP contribution in [-0.4, -0.2) is 41.5 Å². The Bertz CT molecular complexity index is 1440. The number of pyridine rings is 3. The van der Waals surface area contributed by atoms with Crippen molar-refractivity contribution in [1.29, 1.82) is 0 Å². The molecule has 0 fully saturated rings. The van der Waals surface area contributed by atoms with Gasteiger partial charge in [0.2, 0.25) is 0 Å². The molecule has 5 aromatic rings. The van der Waals surface area contributed by atoms with Gasteiger partial charge >= 0.3 is 0 Å². The Balaban J connectivity index is 1.42. The van der Waals surface area contributed by atoms with Crippen LogP contribution < -0.4 is 5.32 Å². The van der Waals surface area contributed by atoms with Gasteiger partial charge in [0, 0.05) is 36.6 Å². The Kier molecular flexibility index (Phi) is 4.29. The summed E-state index contributed by atoms with van der Waals surface area (Å²) in [6, 6.07) is 11.0. The number of nitrogens with one attached hydrogen (secondary N) is 2. The predicted octanol–water partition coefficient (Wildman–Crippen LogP) is 3.50. The number of aromatic amines is 1. The second-order valence-corrected chi connectivity index (χ2v) is 7.79. The summed E-state index contributed by atoms with van der Waals surface area (Å²) in [6.07, 6.45) is 3.61. The van der Waals surface area contributed by atoms with E-state index in [2.05, 4.69) is 31.5 Å². The van der Waals surface area contributed by atoms with Crippen LogP contribution >= 0.6 is 0 Å². The first-order chi connectivity index (χ1) is 15.7. The van der Waals surface area contributed by atoms with Gasteiger partial charge in [0.15, 0.2) is 0 Å². The average Bonchev–Trinajstić information content (AvgIpc) is 3.47. The number of H-pyrrole nitrogens is 1. The Morgan fingerprint density at radius 2 is 1.91 bits per heavy atom. The van der Waals surface area contributed by atoms with Crippen LogP contribution in [0, 0.1) is 12.7 Å². The molecular weight excluding hydrogens is 407 g/mol. The molecule has 0 spiro atoms. The Morgan fingerprint density at radius 3 is 2.78 bits per heavy atom. The van der Waals surface area contributed by atoms with Gasteiger partial charge < -0.3 is 5.32 Å². The van der Waals surface area contributed by atoms with Crippen molar-refractivity contribution in [3.63, 3.8) is 0 Å². The molecule has 0 saturated carbocycles. The second kappa shape index (κ2) is 7.31. The molecule has 0 radical (unpaired) electrons. The molecule has 0 saturated heterocycles. The molecule has 5 aromatic heterocycles. The number of fused-ring (bicyclic) bond motifs is 2. The molecule has 1 aliphatic heterocycles. The molecule has 8 nitrogen and oxygen atoms in total. The maximum Gasteiger partial charge on any atom is 0.144 e. The van der Waals surface area contributed by atoms with Crippen LogP contribution in [0.1, 0.15) is 11.4 Å². The number of nitrogens with zero attached hydrogens (tertiary/aromatic N) is 6. The van der Waals surface area contributed by atoms with Gasteiger partial charge in [-0.3, -0.25) is 14.8 Å². The summed E-state index contributed by atoms with van der Waals surface area (Å²) in [5.74, 6) is -0.343. The minimum absolute atomic E-state index is 0.328. The van der Waals surface area contributed by atoms with Gasteiger partial charge in [0.25, 0.3) is 0 Å². The number of rotatable bonds is 3. The monoisotopic (exact) mass is 426 g/mol. The molecular formula is C23H19FN8. The minimum atomic E-state index is -0.343. The third-order valence-corrected chi connectivity index (χ3v) is 5.68. The fourth-order valence-corrected chi connectivity index (χ4v) is 3.99. The first-order valence-electron chi connectivity index (χ1n) is 10.4. The quantitative estimate of drug-likeness (QED) is 0.458. The molecule has 0 amide bonds. The van der Waals surface area contributed by atoms with E-state index >= 15 is 0 Å². The number of aromatic nitrogens is 7. The highest BCUT2D eigenvalue weighted by Gasteiger charge is 2.16. The van der Waals surface area contributed by atoms with Crippen molar-refractivity contribution in [1.82, 2.24) is 40.2 Å². The van der Waals surface area contributed by atoms with Gasteiger partial charge in [-0.1, -0.05) is 0 Å². The lowest BCUT2D eigenvalue weighted by Crippen LogP contribution is -2.28. The fraction of sp³-hybridized carbons (Fsp3) is 0.174. The lowest BCUT2D eigenvalue weighted by Gasteiger charge is -2.13. The van der Waals surface area contributed by atoms with Crippen molar-refractivity contribution in [2.24, 2.45) is 0 Å². The lowest BCUT2D eigenvalue weighted by atomic mass is 10.1. The maximum absolute atomic E-state index is 13.7. The highest BCUT2D eigenvalue weighted by atomic mass is 19.1. The van der Waals surface area contributed by atoms with Gasteiger partial charge in [0.1, 0.15) is 11.5 Å². The standard InChI is InChI=1S/C23H19FN8/c1-13-17(24)2-3-20(28-13)23-16(12-27-30-23)18-4-5-19-22(29-18)8-14(10-26-19)21-9-15-11-25-6-7-32(15)31-21/h2-5,8-10,12,25H,6-7,11H2,1H3,(H,27,30). The number of hydrogen-bond donors (Lipinski definition) is 2. The summed E-state index contributed by atoms with van der Waals surface area (Å²) < 4.78 is 15.7. The number of halogens is 1. The molecule has 0 bridgehead atoms. The highest BCUT2D eigenvalue weighted by molar-refractivity contribution is 5.84. The summed E-state index contributed by atoms with van der Waals surface area (Å²) >= 11 is 0. The summed E-state index contributed by atoms with van der Waals surface area (Å²) in [5, 5.41) is 15.3. The maximum atomic E-state index is 13.7. The lowest BCUT2D eigenvalue weighted by molar-refractivity contribution is 0.476. The van der Waals surface area contributed by atoms with Crippen LogP contribution in [0.2, 0.25) is 0 Å². The van der Waals surface area contributed by atoms with E-state index in [0.717, 1.165) is 58.9 Å². The molecule has 9 heteroatoms. The van der Waals surface area contributed by atoms with E-state index in [1.54, 1.807) is 19.2 Å². The van der Waals surface area contributed by atoms with Gasteiger partial charge in [-0.15, -0.1) is 0 Å². The zero-order valence-electron chi connectivity index (χ0n) is 17.3. The van der Waals surface area contributed by atoms with Crippen molar-refractivity contribution in [3.05, 3.63) is 66.0 Å². The van der Waals surface area contributed by atoms with Gasteiger partial charge in [0.05, 0.1) is 46.0 Å². The van der Waals surface area contributed by atoms with Crippen LogP contribution in [0.3, 0.4) is 0 Å². The van der Waals surface area contributed by atoms with E-state index in [1.165, 1.54) is 6.07 Å². The summed E-state index contributed by atoms with van der Waals surface area (Å²) in [5.41, 5.74) is 7.60. The highest BCUT2D eigenvalue weighted by Crippen LogP contribution is 2.30. The van der Waals surface area contributed by atoms with Crippen LogP contribution in [0.5, 0.6) is 0 Å². The number of aryl methyl sites for hydroxylation is 1. The van der Waals surface area contributed by atoms with Gasteiger partial charge in [-0.05, 0) is 43.3 Å². The smallest absolute Gasteiger partial charge is 0.144 e. The number of hydrogen-bond acceptors (Lipinski definition) is 6.